The third kappa shape index (κ3) is 9.60. The van der Waals surface area contributed by atoms with Crippen LogP contribution < -0.4 is 5.32 Å². The summed E-state index contributed by atoms with van der Waals surface area (Å²) in [5.74, 6) is -1.39. The number of halogens is 6. The summed E-state index contributed by atoms with van der Waals surface area (Å²) in [7, 11) is 0. The first-order valence-corrected chi connectivity index (χ1v) is 19.4. The molecule has 0 unspecified atom stereocenters. The van der Waals surface area contributed by atoms with E-state index in [0.717, 1.165) is 47.4 Å². The van der Waals surface area contributed by atoms with Gasteiger partial charge in [0.2, 0.25) is 0 Å². The van der Waals surface area contributed by atoms with Crippen molar-refractivity contribution in [2.24, 2.45) is 11.3 Å². The lowest BCUT2D eigenvalue weighted by Gasteiger charge is -2.39. The monoisotopic (exact) mass is 1240 g/mol. The van der Waals surface area contributed by atoms with Crippen LogP contribution in [0.5, 0.6) is 0 Å². The molecule has 13 heteroatoms. The van der Waals surface area contributed by atoms with Gasteiger partial charge < -0.3 is 19.5 Å². The number of quaternary nitrogens is 1. The topological polar surface area (TPSA) is 95.5 Å². The Bertz CT molecular complexity index is 1240. The van der Waals surface area contributed by atoms with Gasteiger partial charge in [0.15, 0.2) is 0 Å². The molecule has 1 aliphatic heterocycles. The molecular weight excluding hydrogens is 1210 g/mol. The minimum atomic E-state index is -1.37. The fourth-order valence-corrected chi connectivity index (χ4v) is 9.29. The summed E-state index contributed by atoms with van der Waals surface area (Å²) in [5, 5.41) is 2.27. The lowest BCUT2D eigenvalue weighted by Crippen LogP contribution is -2.86. The molecule has 0 aromatic heterocycles. The second-order valence-electron chi connectivity index (χ2n) is 10.4. The first-order chi connectivity index (χ1) is 19.2. The number of nitrogens with two attached hydrogens (primary N) is 1. The predicted molar refractivity (Wildman–Crippen MR) is 207 cm³/mol. The zero-order chi connectivity index (χ0) is 30.5. The maximum atomic E-state index is 14.0. The highest BCUT2D eigenvalue weighted by molar-refractivity contribution is 14.1. The quantitative estimate of drug-likeness (QED) is 0.119. The van der Waals surface area contributed by atoms with Crippen LogP contribution in [0.4, 0.5) is 0 Å². The molecule has 0 atom stereocenters. The summed E-state index contributed by atoms with van der Waals surface area (Å²) in [6, 6.07) is 7.49. The first-order valence-electron chi connectivity index (χ1n) is 12.9. The Labute approximate surface area is 322 Å². The molecule has 1 aliphatic rings. The van der Waals surface area contributed by atoms with Gasteiger partial charge in [-0.1, -0.05) is 6.92 Å². The number of carbonyl (C=O) groups is 3. The molecule has 224 valence electrons. The number of carbonyl (C=O) groups excluding carboxylic acids is 3. The molecule has 0 amide bonds. The van der Waals surface area contributed by atoms with Crippen molar-refractivity contribution in [1.29, 1.82) is 0 Å². The van der Waals surface area contributed by atoms with Gasteiger partial charge in [-0.25, -0.2) is 9.59 Å². The zero-order valence-corrected chi connectivity index (χ0v) is 35.6. The number of ether oxygens (including phenoxy) is 3. The summed E-state index contributed by atoms with van der Waals surface area (Å²) < 4.78 is 23.0. The Morgan fingerprint density at radius 1 is 0.805 bits per heavy atom. The molecule has 3 rings (SSSR count). The molecule has 41 heavy (non-hydrogen) atoms. The van der Waals surface area contributed by atoms with Crippen molar-refractivity contribution in [1.82, 2.24) is 0 Å². The minimum absolute atomic E-state index is 0.209. The van der Waals surface area contributed by atoms with Crippen molar-refractivity contribution in [2.45, 2.75) is 45.6 Å². The average Bonchev–Trinajstić information content (AvgIpc) is 2.92. The van der Waals surface area contributed by atoms with Crippen molar-refractivity contribution in [3.63, 3.8) is 0 Å². The Hall–Kier alpha value is 1.19. The first kappa shape index (κ1) is 36.7. The van der Waals surface area contributed by atoms with Gasteiger partial charge in [0, 0.05) is 40.2 Å². The highest BCUT2D eigenvalue weighted by Gasteiger charge is 2.46. The Kier molecular flexibility index (Phi) is 14.4. The molecule has 0 bridgehead atoms. The van der Waals surface area contributed by atoms with E-state index in [9.17, 15) is 14.4 Å². The Morgan fingerprint density at radius 3 is 1.66 bits per heavy atom. The molecular formula is C28H30I6NO6+. The van der Waals surface area contributed by atoms with Gasteiger partial charge in [0.05, 0.1) is 24.2 Å². The lowest BCUT2D eigenvalue weighted by atomic mass is 9.82. The number of rotatable bonds is 10. The molecule has 0 aliphatic carbocycles. The molecule has 1 fully saturated rings. The number of piperidine rings is 1. The Balaban J connectivity index is 1.89. The van der Waals surface area contributed by atoms with E-state index >= 15 is 0 Å². The minimum Gasteiger partial charge on any atom is -0.461 e. The van der Waals surface area contributed by atoms with Crippen molar-refractivity contribution in [2.75, 3.05) is 26.3 Å². The Morgan fingerprint density at radius 2 is 1.24 bits per heavy atom. The molecule has 2 aromatic carbocycles. The van der Waals surface area contributed by atoms with Gasteiger partial charge in [-0.2, -0.15) is 0 Å². The van der Waals surface area contributed by atoms with Crippen LogP contribution >= 0.6 is 136 Å². The molecule has 0 saturated carbocycles. The van der Waals surface area contributed by atoms with Crippen LogP contribution in [0.15, 0.2) is 24.3 Å². The van der Waals surface area contributed by atoms with Crippen molar-refractivity contribution >= 4 is 153 Å². The molecule has 2 aromatic rings. The van der Waals surface area contributed by atoms with Crippen molar-refractivity contribution in [3.05, 3.63) is 56.8 Å². The van der Waals surface area contributed by atoms with E-state index in [1.54, 1.807) is 12.1 Å². The third-order valence-corrected chi connectivity index (χ3v) is 14.6. The lowest BCUT2D eigenvalue weighted by molar-refractivity contribution is -0.665. The predicted octanol–water partition coefficient (Wildman–Crippen LogP) is 7.02. The summed E-state index contributed by atoms with van der Waals surface area (Å²) in [6.45, 7) is 7.12. The van der Waals surface area contributed by atoms with Crippen LogP contribution in [0.3, 0.4) is 0 Å². The number of benzene rings is 2. The SMILES string of the molecule is CCC(COC(=O)c1cc(I)cc(I)c1I)(COC(=O)c1cc(I)cc(I)c1I)C(=O)OC(C)(C)C1CC[NH2+]CC1. The normalized spacial score (nSPS) is 14.5. The largest absolute Gasteiger partial charge is 0.461 e. The summed E-state index contributed by atoms with van der Waals surface area (Å²) >= 11 is 12.9. The molecule has 1 saturated heterocycles. The van der Waals surface area contributed by atoms with Crippen LogP contribution in [-0.4, -0.2) is 49.8 Å². The highest BCUT2D eigenvalue weighted by Crippen LogP contribution is 2.34. The number of hydrogen-bond acceptors (Lipinski definition) is 6. The third-order valence-electron chi connectivity index (χ3n) is 7.27. The van der Waals surface area contributed by atoms with Gasteiger partial charge in [0.1, 0.15) is 24.2 Å². The van der Waals surface area contributed by atoms with E-state index < -0.39 is 28.9 Å². The van der Waals surface area contributed by atoms with Crippen molar-refractivity contribution < 1.29 is 33.9 Å². The van der Waals surface area contributed by atoms with Crippen LogP contribution in [0.2, 0.25) is 0 Å². The van der Waals surface area contributed by atoms with Crippen LogP contribution in [0, 0.1) is 32.8 Å². The van der Waals surface area contributed by atoms with Crippen LogP contribution in [-0.2, 0) is 19.0 Å². The standard InChI is InChI=1S/C28H29I6NO6/c1-4-28(26(38)41-27(2,3)15-5-7-35-8-6-15,13-39-24(36)18-9-16(29)11-20(31)22(18)33)14-40-25(37)19-10-17(30)12-21(32)23(19)34/h9-12,15,35H,4-8,13-14H2,1-3H3/p+1. The zero-order valence-electron chi connectivity index (χ0n) is 22.6. The summed E-state index contributed by atoms with van der Waals surface area (Å²) in [4.78, 5) is 40.5. The van der Waals surface area contributed by atoms with E-state index in [0.29, 0.717) is 11.1 Å². The fraction of sp³-hybridized carbons (Fsp3) is 0.464. The van der Waals surface area contributed by atoms with E-state index in [2.05, 4.69) is 141 Å². The van der Waals surface area contributed by atoms with Crippen molar-refractivity contribution in [3.8, 4) is 0 Å². The second kappa shape index (κ2) is 16.1. The second-order valence-corrected chi connectivity index (χ2v) is 17.4. The van der Waals surface area contributed by atoms with E-state index in [1.165, 1.54) is 0 Å². The van der Waals surface area contributed by atoms with E-state index in [-0.39, 0.29) is 25.6 Å². The molecule has 1 heterocycles. The maximum Gasteiger partial charge on any atom is 0.339 e. The van der Waals surface area contributed by atoms with Gasteiger partial charge in [-0.3, -0.25) is 4.79 Å². The van der Waals surface area contributed by atoms with E-state index in [4.69, 9.17) is 14.2 Å². The fourth-order valence-electron chi connectivity index (χ4n) is 4.53. The van der Waals surface area contributed by atoms with Crippen LogP contribution in [0.1, 0.15) is 60.7 Å². The maximum absolute atomic E-state index is 14.0. The molecule has 2 N–H and O–H groups in total. The van der Waals surface area contributed by atoms with Gasteiger partial charge in [-0.05, 0) is 180 Å². The average molecular weight is 1240 g/mol. The van der Waals surface area contributed by atoms with Crippen LogP contribution in [0.25, 0.3) is 0 Å². The number of hydrogen-bond donors (Lipinski definition) is 1. The van der Waals surface area contributed by atoms with Gasteiger partial charge in [-0.15, -0.1) is 0 Å². The van der Waals surface area contributed by atoms with Gasteiger partial charge >= 0.3 is 17.9 Å². The van der Waals surface area contributed by atoms with E-state index in [1.807, 2.05) is 32.9 Å². The smallest absolute Gasteiger partial charge is 0.339 e. The molecule has 7 nitrogen and oxygen atoms in total. The van der Waals surface area contributed by atoms with Gasteiger partial charge in [0.25, 0.3) is 0 Å². The number of esters is 3. The summed E-state index contributed by atoms with van der Waals surface area (Å²) in [5.41, 5.74) is -1.23. The summed E-state index contributed by atoms with van der Waals surface area (Å²) in [6.07, 6.45) is 2.14. The molecule has 0 spiro atoms. The highest BCUT2D eigenvalue weighted by atomic mass is 127. The molecule has 0 radical (unpaired) electrons.